The Morgan fingerprint density at radius 2 is 1.72 bits per heavy atom. The summed E-state index contributed by atoms with van der Waals surface area (Å²) in [5, 5.41) is 18.3. The second-order valence-corrected chi connectivity index (χ2v) is 4.48. The first kappa shape index (κ1) is 15.0. The number of aliphatic hydroxyl groups excluding tert-OH is 2. The number of hydrogen-bond acceptors (Lipinski definition) is 3. The molecule has 0 aliphatic carbocycles. The average molecular weight is 252 g/mol. The largest absolute Gasteiger partial charge is 0.494 e. The molecule has 1 rings (SSSR count). The maximum atomic E-state index is 9.66. The normalized spacial score (nSPS) is 12.4. The Morgan fingerprint density at radius 1 is 1.06 bits per heavy atom. The number of rotatable bonds is 9. The zero-order valence-corrected chi connectivity index (χ0v) is 11.1. The minimum atomic E-state index is -0.377. The molecule has 0 unspecified atom stereocenters. The first-order chi connectivity index (χ1) is 8.77. The van der Waals surface area contributed by atoms with Gasteiger partial charge in [0, 0.05) is 6.61 Å². The summed E-state index contributed by atoms with van der Waals surface area (Å²) in [4.78, 5) is 0. The van der Waals surface area contributed by atoms with Gasteiger partial charge in [-0.1, -0.05) is 25.5 Å². The van der Waals surface area contributed by atoms with Crippen molar-refractivity contribution in [1.29, 1.82) is 0 Å². The monoisotopic (exact) mass is 252 g/mol. The SMILES string of the molecule is CC[C@@H](O)c1ccc(OCCCCCCO)cc1. The Balaban J connectivity index is 2.22. The van der Waals surface area contributed by atoms with E-state index in [2.05, 4.69) is 0 Å². The molecule has 1 aromatic rings. The summed E-state index contributed by atoms with van der Waals surface area (Å²) >= 11 is 0. The van der Waals surface area contributed by atoms with E-state index >= 15 is 0 Å². The lowest BCUT2D eigenvalue weighted by molar-refractivity contribution is 0.173. The highest BCUT2D eigenvalue weighted by atomic mass is 16.5. The van der Waals surface area contributed by atoms with Crippen LogP contribution in [0, 0.1) is 0 Å². The lowest BCUT2D eigenvalue weighted by Crippen LogP contribution is -1.99. The number of aliphatic hydroxyl groups is 2. The molecule has 2 N–H and O–H groups in total. The van der Waals surface area contributed by atoms with Crippen molar-refractivity contribution in [2.24, 2.45) is 0 Å². The lowest BCUT2D eigenvalue weighted by atomic mass is 10.1. The lowest BCUT2D eigenvalue weighted by Gasteiger charge is -2.10. The van der Waals surface area contributed by atoms with Crippen molar-refractivity contribution in [3.05, 3.63) is 29.8 Å². The van der Waals surface area contributed by atoms with Crippen LogP contribution in [0.3, 0.4) is 0 Å². The minimum Gasteiger partial charge on any atom is -0.494 e. The number of unbranched alkanes of at least 4 members (excludes halogenated alkanes) is 3. The van der Waals surface area contributed by atoms with E-state index in [1.807, 2.05) is 31.2 Å². The summed E-state index contributed by atoms with van der Waals surface area (Å²) in [5.41, 5.74) is 0.938. The molecule has 0 aliphatic heterocycles. The highest BCUT2D eigenvalue weighted by molar-refractivity contribution is 5.28. The third-order valence-electron chi connectivity index (χ3n) is 2.97. The Morgan fingerprint density at radius 3 is 2.33 bits per heavy atom. The van der Waals surface area contributed by atoms with Gasteiger partial charge in [-0.3, -0.25) is 0 Å². The maximum Gasteiger partial charge on any atom is 0.119 e. The average Bonchev–Trinajstić information content (AvgIpc) is 2.42. The quantitative estimate of drug-likeness (QED) is 0.664. The topological polar surface area (TPSA) is 49.7 Å². The van der Waals surface area contributed by atoms with Crippen LogP contribution in [0.2, 0.25) is 0 Å². The highest BCUT2D eigenvalue weighted by Gasteiger charge is 2.04. The van der Waals surface area contributed by atoms with Gasteiger partial charge < -0.3 is 14.9 Å². The fourth-order valence-corrected chi connectivity index (χ4v) is 1.78. The van der Waals surface area contributed by atoms with Crippen molar-refractivity contribution in [3.8, 4) is 5.75 Å². The molecule has 0 saturated heterocycles. The zero-order chi connectivity index (χ0) is 13.2. The van der Waals surface area contributed by atoms with E-state index < -0.39 is 0 Å². The first-order valence-corrected chi connectivity index (χ1v) is 6.79. The standard InChI is InChI=1S/C15H24O3/c1-2-15(17)13-7-9-14(10-8-13)18-12-6-4-3-5-11-16/h7-10,15-17H,2-6,11-12H2,1H3/t15-/m1/s1. The summed E-state index contributed by atoms with van der Waals surface area (Å²) in [7, 11) is 0. The van der Waals surface area contributed by atoms with Crippen LogP contribution in [0.5, 0.6) is 5.75 Å². The van der Waals surface area contributed by atoms with E-state index in [4.69, 9.17) is 9.84 Å². The Hall–Kier alpha value is -1.06. The molecule has 0 spiro atoms. The van der Waals surface area contributed by atoms with E-state index in [1.54, 1.807) is 0 Å². The second-order valence-electron chi connectivity index (χ2n) is 4.48. The number of ether oxygens (including phenoxy) is 1. The molecule has 0 saturated carbocycles. The van der Waals surface area contributed by atoms with Crippen LogP contribution >= 0.6 is 0 Å². The van der Waals surface area contributed by atoms with E-state index in [9.17, 15) is 5.11 Å². The van der Waals surface area contributed by atoms with E-state index in [-0.39, 0.29) is 12.7 Å². The van der Waals surface area contributed by atoms with Gasteiger partial charge in [0.15, 0.2) is 0 Å². The van der Waals surface area contributed by atoms with Crippen LogP contribution in [0.15, 0.2) is 24.3 Å². The van der Waals surface area contributed by atoms with Crippen LogP contribution in [-0.2, 0) is 0 Å². The third-order valence-corrected chi connectivity index (χ3v) is 2.97. The van der Waals surface area contributed by atoms with Gasteiger partial charge in [0.25, 0.3) is 0 Å². The molecule has 0 aromatic heterocycles. The molecule has 0 heterocycles. The van der Waals surface area contributed by atoms with Gasteiger partial charge in [-0.15, -0.1) is 0 Å². The number of benzene rings is 1. The van der Waals surface area contributed by atoms with Crippen LogP contribution in [0.1, 0.15) is 50.7 Å². The molecular weight excluding hydrogens is 228 g/mol. The van der Waals surface area contributed by atoms with E-state index in [0.717, 1.165) is 43.4 Å². The number of hydrogen-bond donors (Lipinski definition) is 2. The van der Waals surface area contributed by atoms with Crippen LogP contribution < -0.4 is 4.74 Å². The molecule has 0 amide bonds. The molecule has 3 heteroatoms. The Labute approximate surface area is 109 Å². The van der Waals surface area contributed by atoms with Gasteiger partial charge in [0.05, 0.1) is 12.7 Å². The molecule has 1 aromatic carbocycles. The van der Waals surface area contributed by atoms with Crippen molar-refractivity contribution >= 4 is 0 Å². The predicted molar refractivity (Wildman–Crippen MR) is 72.7 cm³/mol. The van der Waals surface area contributed by atoms with Crippen molar-refractivity contribution in [3.63, 3.8) is 0 Å². The molecule has 1 atom stereocenters. The molecule has 0 radical (unpaired) electrons. The molecule has 3 nitrogen and oxygen atoms in total. The highest BCUT2D eigenvalue weighted by Crippen LogP contribution is 2.19. The third kappa shape index (κ3) is 5.52. The molecule has 0 fully saturated rings. The van der Waals surface area contributed by atoms with Crippen molar-refractivity contribution in [1.82, 2.24) is 0 Å². The smallest absolute Gasteiger partial charge is 0.119 e. The van der Waals surface area contributed by atoms with Gasteiger partial charge in [-0.25, -0.2) is 0 Å². The van der Waals surface area contributed by atoms with E-state index in [1.165, 1.54) is 0 Å². The van der Waals surface area contributed by atoms with Gasteiger partial charge in [0.2, 0.25) is 0 Å². The predicted octanol–water partition coefficient (Wildman–Crippen LogP) is 3.06. The van der Waals surface area contributed by atoms with Crippen molar-refractivity contribution < 1.29 is 14.9 Å². The zero-order valence-electron chi connectivity index (χ0n) is 11.1. The maximum absolute atomic E-state index is 9.66. The minimum absolute atomic E-state index is 0.280. The fourth-order valence-electron chi connectivity index (χ4n) is 1.78. The Kier molecular flexibility index (Phi) is 7.46. The molecule has 102 valence electrons. The van der Waals surface area contributed by atoms with Crippen LogP contribution in [-0.4, -0.2) is 23.4 Å². The van der Waals surface area contributed by atoms with Crippen molar-refractivity contribution in [2.45, 2.75) is 45.1 Å². The summed E-state index contributed by atoms with van der Waals surface area (Å²) in [5.74, 6) is 0.851. The molecule has 0 aliphatic rings. The summed E-state index contributed by atoms with van der Waals surface area (Å²) in [6.45, 7) is 2.95. The van der Waals surface area contributed by atoms with E-state index in [0.29, 0.717) is 6.61 Å². The Bertz CT molecular complexity index is 308. The van der Waals surface area contributed by atoms with Gasteiger partial charge >= 0.3 is 0 Å². The second kappa shape index (κ2) is 8.95. The molecular formula is C15H24O3. The molecule has 0 bridgehead atoms. The molecule has 18 heavy (non-hydrogen) atoms. The fraction of sp³-hybridized carbons (Fsp3) is 0.600. The summed E-state index contributed by atoms with van der Waals surface area (Å²) in [6.07, 6.45) is 4.39. The van der Waals surface area contributed by atoms with Crippen molar-refractivity contribution in [2.75, 3.05) is 13.2 Å². The summed E-state index contributed by atoms with van der Waals surface area (Å²) in [6, 6.07) is 7.63. The summed E-state index contributed by atoms with van der Waals surface area (Å²) < 4.78 is 5.61. The van der Waals surface area contributed by atoms with Crippen LogP contribution in [0.25, 0.3) is 0 Å². The van der Waals surface area contributed by atoms with Gasteiger partial charge in [0.1, 0.15) is 5.75 Å². The van der Waals surface area contributed by atoms with Crippen LogP contribution in [0.4, 0.5) is 0 Å². The van der Waals surface area contributed by atoms with Gasteiger partial charge in [-0.05, 0) is 43.4 Å². The van der Waals surface area contributed by atoms with Gasteiger partial charge in [-0.2, -0.15) is 0 Å². The first-order valence-electron chi connectivity index (χ1n) is 6.79.